The largest absolute Gasteiger partial charge is 0.379 e. The number of rotatable bonds is 6. The number of morpholine rings is 1. The Labute approximate surface area is 177 Å². The summed E-state index contributed by atoms with van der Waals surface area (Å²) >= 11 is 4.64. The number of nitrogens with one attached hydrogen (secondary N) is 1. The van der Waals surface area contributed by atoms with Crippen LogP contribution in [0.1, 0.15) is 22.8 Å². The highest BCUT2D eigenvalue weighted by Crippen LogP contribution is 2.47. The Kier molecular flexibility index (Phi) is 5.89. The molecule has 1 N–H and O–H groups in total. The van der Waals surface area contributed by atoms with Crippen LogP contribution in [0.25, 0.3) is 0 Å². The molecule has 9 heteroatoms. The zero-order valence-electron chi connectivity index (χ0n) is 15.1. The molecule has 1 saturated heterocycles. The molecule has 4 rings (SSSR count). The second-order valence-corrected chi connectivity index (χ2v) is 11.2. The molecule has 1 amide bonds. The lowest BCUT2D eigenvalue weighted by atomic mass is 10.1. The molecule has 28 heavy (non-hydrogen) atoms. The summed E-state index contributed by atoms with van der Waals surface area (Å²) in [5.41, 5.74) is 1.18. The molecular weight excluding hydrogens is 464 g/mol. The fourth-order valence-corrected chi connectivity index (χ4v) is 6.50. The Morgan fingerprint density at radius 3 is 2.61 bits per heavy atom. The molecule has 2 fully saturated rings. The van der Waals surface area contributed by atoms with E-state index >= 15 is 0 Å². The summed E-state index contributed by atoms with van der Waals surface area (Å²) in [6.07, 6.45) is 0.856. The number of benzene rings is 1. The minimum Gasteiger partial charge on any atom is -0.379 e. The monoisotopic (exact) mass is 484 g/mol. The van der Waals surface area contributed by atoms with E-state index in [1.165, 1.54) is 21.2 Å². The Hall–Kier alpha value is -1.26. The van der Waals surface area contributed by atoms with Crippen molar-refractivity contribution in [2.24, 2.45) is 5.92 Å². The molecule has 2 unspecified atom stereocenters. The van der Waals surface area contributed by atoms with Gasteiger partial charge < -0.3 is 10.1 Å². The average molecular weight is 485 g/mol. The number of nitrogens with zero attached hydrogens (tertiary/aromatic N) is 1. The molecule has 2 aliphatic rings. The van der Waals surface area contributed by atoms with E-state index < -0.39 is 10.0 Å². The first-order valence-corrected chi connectivity index (χ1v) is 12.2. The first kappa shape index (κ1) is 20.0. The van der Waals surface area contributed by atoms with Crippen LogP contribution in [0.5, 0.6) is 0 Å². The van der Waals surface area contributed by atoms with Gasteiger partial charge in [0.05, 0.1) is 19.8 Å². The minimum absolute atomic E-state index is 0.00214. The number of carbonyl (C=O) groups excluding carboxylic acids is 1. The van der Waals surface area contributed by atoms with Crippen LogP contribution in [0.15, 0.2) is 45.1 Å². The second kappa shape index (κ2) is 8.23. The maximum Gasteiger partial charge on any atom is 0.252 e. The van der Waals surface area contributed by atoms with Gasteiger partial charge >= 0.3 is 0 Å². The van der Waals surface area contributed by atoms with E-state index in [9.17, 15) is 13.2 Å². The van der Waals surface area contributed by atoms with Gasteiger partial charge in [0.2, 0.25) is 5.91 Å². The van der Waals surface area contributed by atoms with E-state index in [4.69, 9.17) is 4.74 Å². The van der Waals surface area contributed by atoms with Crippen LogP contribution in [-0.2, 0) is 26.1 Å². The summed E-state index contributed by atoms with van der Waals surface area (Å²) in [6, 6.07) is 11.5. The molecule has 2 aromatic rings. The van der Waals surface area contributed by atoms with Gasteiger partial charge in [0.25, 0.3) is 10.0 Å². The Morgan fingerprint density at radius 2 is 1.89 bits per heavy atom. The number of hydrogen-bond donors (Lipinski definition) is 1. The Morgan fingerprint density at radius 1 is 1.18 bits per heavy atom. The van der Waals surface area contributed by atoms with Crippen molar-refractivity contribution in [2.75, 3.05) is 26.3 Å². The molecule has 2 atom stereocenters. The van der Waals surface area contributed by atoms with Crippen molar-refractivity contribution >= 4 is 43.2 Å². The summed E-state index contributed by atoms with van der Waals surface area (Å²) in [4.78, 5) is 13.3. The second-order valence-electron chi connectivity index (χ2n) is 6.96. The summed E-state index contributed by atoms with van der Waals surface area (Å²) in [6.45, 7) is 1.96. The average Bonchev–Trinajstić information content (AvgIpc) is 3.36. The van der Waals surface area contributed by atoms with Gasteiger partial charge in [-0.1, -0.05) is 28.1 Å². The number of amides is 1. The molecule has 2 heterocycles. The highest BCUT2D eigenvalue weighted by molar-refractivity contribution is 9.10. The molecule has 1 saturated carbocycles. The lowest BCUT2D eigenvalue weighted by Crippen LogP contribution is -2.40. The number of ether oxygens (including phenoxy) is 1. The van der Waals surface area contributed by atoms with E-state index in [-0.39, 0.29) is 17.7 Å². The third-order valence-electron chi connectivity index (χ3n) is 5.06. The van der Waals surface area contributed by atoms with Gasteiger partial charge in [-0.3, -0.25) is 4.79 Å². The van der Waals surface area contributed by atoms with Crippen molar-refractivity contribution in [1.29, 1.82) is 0 Å². The van der Waals surface area contributed by atoms with Gasteiger partial charge in [0.15, 0.2) is 0 Å². The number of halogens is 1. The fourth-order valence-electron chi connectivity index (χ4n) is 3.37. The first-order valence-electron chi connectivity index (χ1n) is 9.15. The predicted octanol–water partition coefficient (Wildman–Crippen LogP) is 2.95. The SMILES string of the molecule is O=C(NCc1ccc(S(=O)(=O)N2CCOCC2)s1)C1CC1c1ccc(Br)cc1. The van der Waals surface area contributed by atoms with Crippen molar-refractivity contribution in [3.63, 3.8) is 0 Å². The van der Waals surface area contributed by atoms with Gasteiger partial charge in [0, 0.05) is 28.4 Å². The van der Waals surface area contributed by atoms with Crippen molar-refractivity contribution in [1.82, 2.24) is 9.62 Å². The zero-order chi connectivity index (χ0) is 19.7. The van der Waals surface area contributed by atoms with E-state index in [1.54, 1.807) is 12.1 Å². The summed E-state index contributed by atoms with van der Waals surface area (Å²) in [7, 11) is -3.48. The quantitative estimate of drug-likeness (QED) is 0.683. The summed E-state index contributed by atoms with van der Waals surface area (Å²) < 4.78 is 33.4. The van der Waals surface area contributed by atoms with Crippen molar-refractivity contribution in [2.45, 2.75) is 23.1 Å². The lowest BCUT2D eigenvalue weighted by Gasteiger charge is -2.25. The van der Waals surface area contributed by atoms with Crippen LogP contribution in [-0.4, -0.2) is 44.9 Å². The van der Waals surface area contributed by atoms with Crippen LogP contribution in [0, 0.1) is 5.92 Å². The Bertz CT molecular complexity index is 953. The molecule has 0 radical (unpaired) electrons. The standard InChI is InChI=1S/C19H21BrN2O4S2/c20-14-3-1-13(2-4-14)16-11-17(16)19(23)21-12-15-5-6-18(27-15)28(24,25)22-7-9-26-10-8-22/h1-6,16-17H,7-12H2,(H,21,23). The number of hydrogen-bond acceptors (Lipinski definition) is 5. The van der Waals surface area contributed by atoms with Gasteiger partial charge in [-0.15, -0.1) is 11.3 Å². The van der Waals surface area contributed by atoms with Crippen LogP contribution in [0.4, 0.5) is 0 Å². The molecule has 1 aromatic carbocycles. The Balaban J connectivity index is 1.32. The minimum atomic E-state index is -3.48. The van der Waals surface area contributed by atoms with Gasteiger partial charge in [-0.05, 0) is 42.2 Å². The van der Waals surface area contributed by atoms with Crippen LogP contribution in [0.2, 0.25) is 0 Å². The molecule has 1 aliphatic carbocycles. The molecule has 6 nitrogen and oxygen atoms in total. The maximum atomic E-state index is 12.7. The van der Waals surface area contributed by atoms with E-state index in [0.29, 0.717) is 37.1 Å². The van der Waals surface area contributed by atoms with E-state index in [0.717, 1.165) is 15.8 Å². The molecular formula is C19H21BrN2O4S2. The summed E-state index contributed by atoms with van der Waals surface area (Å²) in [5.74, 6) is 0.297. The van der Waals surface area contributed by atoms with Gasteiger partial charge in [-0.2, -0.15) is 4.31 Å². The number of thiophene rings is 1. The third kappa shape index (κ3) is 4.33. The highest BCUT2D eigenvalue weighted by atomic mass is 79.9. The van der Waals surface area contributed by atoms with E-state index in [2.05, 4.69) is 21.2 Å². The van der Waals surface area contributed by atoms with Gasteiger partial charge in [-0.25, -0.2) is 8.42 Å². The smallest absolute Gasteiger partial charge is 0.252 e. The molecule has 1 aromatic heterocycles. The van der Waals surface area contributed by atoms with Crippen LogP contribution >= 0.6 is 27.3 Å². The fraction of sp³-hybridized carbons (Fsp3) is 0.421. The maximum absolute atomic E-state index is 12.7. The lowest BCUT2D eigenvalue weighted by molar-refractivity contribution is -0.122. The molecule has 0 spiro atoms. The molecule has 150 valence electrons. The van der Waals surface area contributed by atoms with Crippen molar-refractivity contribution < 1.29 is 17.9 Å². The highest BCUT2D eigenvalue weighted by Gasteiger charge is 2.43. The van der Waals surface area contributed by atoms with Gasteiger partial charge in [0.1, 0.15) is 4.21 Å². The summed E-state index contributed by atoms with van der Waals surface area (Å²) in [5, 5.41) is 2.95. The van der Waals surface area contributed by atoms with Crippen LogP contribution in [0.3, 0.4) is 0 Å². The topological polar surface area (TPSA) is 75.7 Å². The normalized spacial score (nSPS) is 22.8. The molecule has 0 bridgehead atoms. The molecule has 1 aliphatic heterocycles. The van der Waals surface area contributed by atoms with E-state index in [1.807, 2.05) is 24.3 Å². The van der Waals surface area contributed by atoms with Crippen molar-refractivity contribution in [3.05, 3.63) is 51.3 Å². The third-order valence-corrected chi connectivity index (χ3v) is 9.04. The number of sulfonamides is 1. The number of carbonyl (C=O) groups is 1. The zero-order valence-corrected chi connectivity index (χ0v) is 18.4. The predicted molar refractivity (Wildman–Crippen MR) is 111 cm³/mol. The first-order chi connectivity index (χ1) is 13.4. The van der Waals surface area contributed by atoms with Crippen molar-refractivity contribution in [3.8, 4) is 0 Å². The van der Waals surface area contributed by atoms with Crippen LogP contribution < -0.4 is 5.32 Å².